The second-order valence-corrected chi connectivity index (χ2v) is 8.46. The molecule has 1 N–H and O–H groups in total. The molecule has 0 bridgehead atoms. The number of benzene rings is 2. The third-order valence-corrected chi connectivity index (χ3v) is 6.82. The van der Waals surface area contributed by atoms with Crippen LogP contribution in [-0.2, 0) is 13.0 Å². The van der Waals surface area contributed by atoms with E-state index in [-0.39, 0.29) is 0 Å². The standard InChI is InChI=1S/C25H35N3/c1-4-19-7-9-20(10-8-19)16-27-17-24-23(25(24)18-27)15-26-21-11-13-22(14-12-21)28(5-2)6-3/h7-14,23-26H,4-6,15-18H2,1-3H3. The van der Waals surface area contributed by atoms with Gasteiger partial charge < -0.3 is 10.2 Å². The van der Waals surface area contributed by atoms with Gasteiger partial charge in [0.1, 0.15) is 0 Å². The second kappa shape index (κ2) is 8.57. The first kappa shape index (κ1) is 19.3. The third kappa shape index (κ3) is 4.20. The van der Waals surface area contributed by atoms with Crippen LogP contribution >= 0.6 is 0 Å². The Labute approximate surface area is 170 Å². The molecule has 0 radical (unpaired) electrons. The number of fused-ring (bicyclic) bond motifs is 1. The monoisotopic (exact) mass is 377 g/mol. The van der Waals surface area contributed by atoms with Crippen molar-refractivity contribution in [2.24, 2.45) is 17.8 Å². The topological polar surface area (TPSA) is 18.5 Å². The number of hydrogen-bond acceptors (Lipinski definition) is 3. The Morgan fingerprint density at radius 2 is 1.46 bits per heavy atom. The average Bonchev–Trinajstić information content (AvgIpc) is 3.19. The molecule has 2 aromatic rings. The lowest BCUT2D eigenvalue weighted by Gasteiger charge is -2.21. The fraction of sp³-hybridized carbons (Fsp3) is 0.520. The van der Waals surface area contributed by atoms with Crippen molar-refractivity contribution in [3.63, 3.8) is 0 Å². The average molecular weight is 378 g/mol. The predicted molar refractivity (Wildman–Crippen MR) is 120 cm³/mol. The summed E-state index contributed by atoms with van der Waals surface area (Å²) in [6, 6.07) is 18.1. The quantitative estimate of drug-likeness (QED) is 0.671. The summed E-state index contributed by atoms with van der Waals surface area (Å²) in [6.07, 6.45) is 1.13. The van der Waals surface area contributed by atoms with E-state index < -0.39 is 0 Å². The fourth-order valence-corrected chi connectivity index (χ4v) is 4.92. The molecule has 28 heavy (non-hydrogen) atoms. The van der Waals surface area contributed by atoms with E-state index in [2.05, 4.69) is 84.4 Å². The molecule has 2 aromatic carbocycles. The van der Waals surface area contributed by atoms with Crippen LogP contribution in [0.4, 0.5) is 11.4 Å². The van der Waals surface area contributed by atoms with Crippen LogP contribution in [0.1, 0.15) is 31.9 Å². The molecule has 3 heteroatoms. The minimum absolute atomic E-state index is 0.862. The van der Waals surface area contributed by atoms with Gasteiger partial charge in [0.2, 0.25) is 0 Å². The van der Waals surface area contributed by atoms with Gasteiger partial charge >= 0.3 is 0 Å². The van der Waals surface area contributed by atoms with E-state index in [4.69, 9.17) is 0 Å². The first-order valence-electron chi connectivity index (χ1n) is 11.1. The van der Waals surface area contributed by atoms with E-state index in [1.165, 1.54) is 35.6 Å². The zero-order chi connectivity index (χ0) is 19.5. The summed E-state index contributed by atoms with van der Waals surface area (Å²) < 4.78 is 0. The number of piperidine rings is 1. The van der Waals surface area contributed by atoms with Crippen LogP contribution in [0.25, 0.3) is 0 Å². The Balaban J connectivity index is 1.21. The van der Waals surface area contributed by atoms with E-state index in [9.17, 15) is 0 Å². The van der Waals surface area contributed by atoms with Gasteiger partial charge in [-0.3, -0.25) is 4.90 Å². The van der Waals surface area contributed by atoms with Gasteiger partial charge in [0, 0.05) is 50.6 Å². The van der Waals surface area contributed by atoms with Gasteiger partial charge in [-0.2, -0.15) is 0 Å². The Hall–Kier alpha value is -2.00. The number of hydrogen-bond donors (Lipinski definition) is 1. The largest absolute Gasteiger partial charge is 0.385 e. The minimum Gasteiger partial charge on any atom is -0.385 e. The zero-order valence-electron chi connectivity index (χ0n) is 17.7. The lowest BCUT2D eigenvalue weighted by molar-refractivity contribution is 0.280. The highest BCUT2D eigenvalue weighted by molar-refractivity contribution is 5.55. The summed E-state index contributed by atoms with van der Waals surface area (Å²) >= 11 is 0. The van der Waals surface area contributed by atoms with Crippen LogP contribution in [-0.4, -0.2) is 37.6 Å². The van der Waals surface area contributed by atoms with E-state index in [1.54, 1.807) is 0 Å². The highest BCUT2D eigenvalue weighted by atomic mass is 15.2. The van der Waals surface area contributed by atoms with Crippen molar-refractivity contribution in [1.29, 1.82) is 0 Å². The van der Waals surface area contributed by atoms with Crippen molar-refractivity contribution < 1.29 is 0 Å². The number of nitrogens with zero attached hydrogens (tertiary/aromatic N) is 2. The SMILES string of the molecule is CCc1ccc(CN2CC3C(CNc4ccc(N(CC)CC)cc4)C3C2)cc1. The Morgan fingerprint density at radius 3 is 2.04 bits per heavy atom. The fourth-order valence-electron chi connectivity index (χ4n) is 4.92. The molecule has 150 valence electrons. The van der Waals surface area contributed by atoms with Crippen molar-refractivity contribution in [1.82, 2.24) is 4.90 Å². The second-order valence-electron chi connectivity index (χ2n) is 8.46. The summed E-state index contributed by atoms with van der Waals surface area (Å²) in [4.78, 5) is 5.03. The number of nitrogens with one attached hydrogen (secondary N) is 1. The molecule has 1 saturated carbocycles. The number of anilines is 2. The van der Waals surface area contributed by atoms with Crippen LogP contribution in [0.2, 0.25) is 0 Å². The molecule has 1 heterocycles. The molecule has 2 fully saturated rings. The van der Waals surface area contributed by atoms with Gasteiger partial charge in [0.15, 0.2) is 0 Å². The smallest absolute Gasteiger partial charge is 0.0367 e. The maximum atomic E-state index is 3.68. The number of rotatable bonds is 9. The van der Waals surface area contributed by atoms with Crippen molar-refractivity contribution >= 4 is 11.4 Å². The van der Waals surface area contributed by atoms with Crippen molar-refractivity contribution in [3.05, 3.63) is 59.7 Å². The Kier molecular flexibility index (Phi) is 5.91. The molecule has 1 aliphatic heterocycles. The van der Waals surface area contributed by atoms with Crippen molar-refractivity contribution in [2.45, 2.75) is 33.7 Å². The van der Waals surface area contributed by atoms with Crippen LogP contribution in [0.5, 0.6) is 0 Å². The van der Waals surface area contributed by atoms with Gasteiger partial charge in [0.05, 0.1) is 0 Å². The van der Waals surface area contributed by atoms with Crippen LogP contribution < -0.4 is 10.2 Å². The first-order valence-corrected chi connectivity index (χ1v) is 11.1. The maximum absolute atomic E-state index is 3.68. The summed E-state index contributed by atoms with van der Waals surface area (Å²) in [5, 5.41) is 3.68. The molecule has 4 rings (SSSR count). The summed E-state index contributed by atoms with van der Waals surface area (Å²) in [6.45, 7) is 13.6. The lowest BCUT2D eigenvalue weighted by atomic mass is 10.1. The van der Waals surface area contributed by atoms with Gasteiger partial charge in [-0.15, -0.1) is 0 Å². The van der Waals surface area contributed by atoms with Crippen LogP contribution in [0, 0.1) is 17.8 Å². The van der Waals surface area contributed by atoms with E-state index in [0.29, 0.717) is 0 Å². The van der Waals surface area contributed by atoms with Crippen molar-refractivity contribution in [2.75, 3.05) is 42.9 Å². The third-order valence-electron chi connectivity index (χ3n) is 6.82. The number of aryl methyl sites for hydroxylation is 1. The lowest BCUT2D eigenvalue weighted by Crippen LogP contribution is -2.25. The Morgan fingerprint density at radius 1 is 0.857 bits per heavy atom. The highest BCUT2D eigenvalue weighted by Gasteiger charge is 2.54. The molecule has 1 aliphatic carbocycles. The molecule has 1 saturated heterocycles. The van der Waals surface area contributed by atoms with E-state index in [0.717, 1.165) is 50.4 Å². The van der Waals surface area contributed by atoms with Gasteiger partial charge in [-0.1, -0.05) is 31.2 Å². The summed E-state index contributed by atoms with van der Waals surface area (Å²) in [7, 11) is 0. The van der Waals surface area contributed by atoms with Crippen LogP contribution in [0.15, 0.2) is 48.5 Å². The predicted octanol–water partition coefficient (Wildman–Crippen LogP) is 4.89. The van der Waals surface area contributed by atoms with Gasteiger partial charge in [-0.25, -0.2) is 0 Å². The van der Waals surface area contributed by atoms with Gasteiger partial charge in [-0.05, 0) is 73.4 Å². The molecule has 0 amide bonds. The molecule has 0 spiro atoms. The van der Waals surface area contributed by atoms with E-state index >= 15 is 0 Å². The van der Waals surface area contributed by atoms with Gasteiger partial charge in [0.25, 0.3) is 0 Å². The molecular weight excluding hydrogens is 342 g/mol. The summed E-state index contributed by atoms with van der Waals surface area (Å²) in [5.41, 5.74) is 5.47. The molecule has 2 atom stereocenters. The summed E-state index contributed by atoms with van der Waals surface area (Å²) in [5.74, 6) is 2.66. The number of likely N-dealkylation sites (tertiary alicyclic amines) is 1. The molecule has 2 aliphatic rings. The molecular formula is C25H35N3. The normalized spacial score (nSPS) is 23.5. The first-order chi connectivity index (χ1) is 13.7. The van der Waals surface area contributed by atoms with E-state index in [1.807, 2.05) is 0 Å². The van der Waals surface area contributed by atoms with Crippen molar-refractivity contribution in [3.8, 4) is 0 Å². The maximum Gasteiger partial charge on any atom is 0.0367 e. The Bertz CT molecular complexity index is 736. The molecule has 0 aromatic heterocycles. The zero-order valence-corrected chi connectivity index (χ0v) is 17.7. The minimum atomic E-state index is 0.862. The van der Waals surface area contributed by atoms with Crippen LogP contribution in [0.3, 0.4) is 0 Å². The molecule has 2 unspecified atom stereocenters. The highest BCUT2D eigenvalue weighted by Crippen LogP contribution is 2.51. The molecule has 3 nitrogen and oxygen atoms in total.